The maximum Gasteiger partial charge on any atom is 2.00 e. The van der Waals surface area contributed by atoms with Crippen LogP contribution in [0.25, 0.3) is 0 Å². The van der Waals surface area contributed by atoms with E-state index in [1.54, 1.807) is 0 Å². The van der Waals surface area contributed by atoms with Crippen LogP contribution in [-0.4, -0.2) is 57.4 Å². The van der Waals surface area contributed by atoms with E-state index in [1.807, 2.05) is 0 Å². The van der Waals surface area contributed by atoms with Crippen molar-refractivity contribution in [2.24, 2.45) is 0 Å². The number of hydrogen-bond acceptors (Lipinski definition) is 4. The molecule has 0 aliphatic heterocycles. The van der Waals surface area contributed by atoms with Crippen molar-refractivity contribution in [3.8, 4) is 0 Å². The fraction of sp³-hybridized carbons (Fsp3) is 0.333. The summed E-state index contributed by atoms with van der Waals surface area (Å²) in [6.45, 7) is 2.31. The smallest absolute Gasteiger partial charge is 0.545 e. The van der Waals surface area contributed by atoms with Crippen LogP contribution in [-0.2, 0) is 9.59 Å². The quantitative estimate of drug-likeness (QED) is 0.386. The topological polar surface area (TPSA) is 80.3 Å². The van der Waals surface area contributed by atoms with Crippen LogP contribution in [0.2, 0.25) is 0 Å². The fourth-order valence-corrected chi connectivity index (χ4v) is 0.306. The Kier molecular flexibility index (Phi) is 7.20. The van der Waals surface area contributed by atoms with Gasteiger partial charge in [-0.1, -0.05) is 0 Å². The SMILES string of the molecule is CC(C(=O)[O-])=C(C)C(=O)[O-].[Sr+2]. The van der Waals surface area contributed by atoms with Gasteiger partial charge in [0.25, 0.3) is 0 Å². The maximum atomic E-state index is 9.99. The van der Waals surface area contributed by atoms with Crippen LogP contribution in [0, 0.1) is 0 Å². The fourth-order valence-electron chi connectivity index (χ4n) is 0.306. The van der Waals surface area contributed by atoms with Gasteiger partial charge < -0.3 is 19.8 Å². The molecule has 5 heteroatoms. The van der Waals surface area contributed by atoms with Crippen molar-refractivity contribution in [3.63, 3.8) is 0 Å². The summed E-state index contributed by atoms with van der Waals surface area (Å²) in [7, 11) is 0. The third kappa shape index (κ3) is 4.58. The molecule has 11 heavy (non-hydrogen) atoms. The van der Waals surface area contributed by atoms with Crippen molar-refractivity contribution in [3.05, 3.63) is 11.1 Å². The summed E-state index contributed by atoms with van der Waals surface area (Å²) in [5, 5.41) is 20.0. The monoisotopic (exact) mass is 230 g/mol. The zero-order chi connectivity index (χ0) is 8.31. The Balaban J connectivity index is 0. The van der Waals surface area contributed by atoms with Crippen LogP contribution in [0.3, 0.4) is 0 Å². The molecule has 56 valence electrons. The van der Waals surface area contributed by atoms with Gasteiger partial charge in [0, 0.05) is 0 Å². The second-order valence-electron chi connectivity index (χ2n) is 1.82. The van der Waals surface area contributed by atoms with Crippen LogP contribution in [0.1, 0.15) is 13.8 Å². The van der Waals surface area contributed by atoms with Crippen molar-refractivity contribution in [2.75, 3.05) is 0 Å². The molecule has 0 fully saturated rings. The Bertz CT molecular complexity index is 185. The molecule has 0 spiro atoms. The first-order valence-electron chi connectivity index (χ1n) is 2.57. The number of carboxylic acids is 2. The molecular weight excluding hydrogens is 224 g/mol. The van der Waals surface area contributed by atoms with E-state index in [-0.39, 0.29) is 56.6 Å². The second kappa shape index (κ2) is 5.77. The molecule has 0 saturated carbocycles. The molecule has 0 unspecified atom stereocenters. The van der Waals surface area contributed by atoms with Crippen molar-refractivity contribution in [1.82, 2.24) is 0 Å². The minimum absolute atomic E-state index is 0. The predicted octanol–water partition coefficient (Wildman–Crippen LogP) is -2.56. The summed E-state index contributed by atoms with van der Waals surface area (Å²) in [5.41, 5.74) is -0.611. The number of carbonyl (C=O) groups excluding carboxylic acids is 2. The van der Waals surface area contributed by atoms with Crippen LogP contribution in [0.4, 0.5) is 0 Å². The summed E-state index contributed by atoms with van der Waals surface area (Å²) >= 11 is 0. The van der Waals surface area contributed by atoms with E-state index in [2.05, 4.69) is 0 Å². The van der Waals surface area contributed by atoms with Gasteiger partial charge in [-0.25, -0.2) is 0 Å². The summed E-state index contributed by atoms with van der Waals surface area (Å²) in [6.07, 6.45) is 0. The van der Waals surface area contributed by atoms with E-state index in [0.29, 0.717) is 0 Å². The number of hydrogen-bond donors (Lipinski definition) is 0. The number of carbonyl (C=O) groups is 2. The first kappa shape index (κ1) is 13.7. The number of rotatable bonds is 2. The van der Waals surface area contributed by atoms with E-state index >= 15 is 0 Å². The molecule has 0 aromatic carbocycles. The van der Waals surface area contributed by atoms with Gasteiger partial charge in [0.1, 0.15) is 0 Å². The van der Waals surface area contributed by atoms with Crippen LogP contribution in [0.5, 0.6) is 0 Å². The Morgan fingerprint density at radius 2 is 1.09 bits per heavy atom. The van der Waals surface area contributed by atoms with Gasteiger partial charge >= 0.3 is 45.5 Å². The molecule has 0 heterocycles. The molecule has 0 aliphatic carbocycles. The van der Waals surface area contributed by atoms with Crippen LogP contribution >= 0.6 is 0 Å². The third-order valence-corrected chi connectivity index (χ3v) is 1.17. The molecule has 0 amide bonds. The summed E-state index contributed by atoms with van der Waals surface area (Å²) < 4.78 is 0. The molecule has 0 saturated heterocycles. The molecule has 4 nitrogen and oxygen atoms in total. The van der Waals surface area contributed by atoms with Gasteiger partial charge in [0.2, 0.25) is 0 Å². The van der Waals surface area contributed by atoms with E-state index in [0.717, 1.165) is 13.8 Å². The molecule has 0 aromatic rings. The molecule has 0 aliphatic rings. The van der Waals surface area contributed by atoms with Gasteiger partial charge in [0.15, 0.2) is 0 Å². The van der Waals surface area contributed by atoms with E-state index in [9.17, 15) is 19.8 Å². The first-order chi connectivity index (χ1) is 4.46. The molecule has 0 rings (SSSR count). The summed E-state index contributed by atoms with van der Waals surface area (Å²) in [6, 6.07) is 0. The van der Waals surface area contributed by atoms with Gasteiger partial charge in [-0.3, -0.25) is 0 Å². The van der Waals surface area contributed by atoms with Crippen molar-refractivity contribution in [1.29, 1.82) is 0 Å². The second-order valence-corrected chi connectivity index (χ2v) is 1.82. The zero-order valence-corrected chi connectivity index (χ0v) is 9.82. The van der Waals surface area contributed by atoms with Gasteiger partial charge in [-0.2, -0.15) is 0 Å². The van der Waals surface area contributed by atoms with Crippen LogP contribution in [0.15, 0.2) is 11.1 Å². The Morgan fingerprint density at radius 3 is 1.18 bits per heavy atom. The van der Waals surface area contributed by atoms with E-state index < -0.39 is 11.9 Å². The first-order valence-corrected chi connectivity index (χ1v) is 2.57. The molecule has 0 atom stereocenters. The minimum atomic E-state index is -1.48. The van der Waals surface area contributed by atoms with Crippen molar-refractivity contribution < 1.29 is 19.8 Å². The standard InChI is InChI=1S/C6H8O4.Sr/c1-3(5(7)8)4(2)6(9)10;/h1-2H3,(H,7,8)(H,9,10);/q;+2/p-2. The molecule has 0 N–H and O–H groups in total. The zero-order valence-electron chi connectivity index (χ0n) is 6.34. The molecular formula is C6H6O4Sr. The summed E-state index contributed by atoms with van der Waals surface area (Å²) in [5.74, 6) is -2.97. The Hall–Kier alpha value is 0.161. The molecule has 0 aromatic heterocycles. The van der Waals surface area contributed by atoms with Crippen molar-refractivity contribution >= 4 is 57.4 Å². The predicted molar refractivity (Wildman–Crippen MR) is 34.1 cm³/mol. The van der Waals surface area contributed by atoms with Gasteiger partial charge in [-0.05, 0) is 25.0 Å². The van der Waals surface area contributed by atoms with Gasteiger partial charge in [-0.15, -0.1) is 0 Å². The van der Waals surface area contributed by atoms with E-state index in [4.69, 9.17) is 0 Å². The largest absolute Gasteiger partial charge is 2.00 e. The van der Waals surface area contributed by atoms with Gasteiger partial charge in [0.05, 0.1) is 11.9 Å². The Morgan fingerprint density at radius 1 is 0.909 bits per heavy atom. The van der Waals surface area contributed by atoms with Crippen molar-refractivity contribution in [2.45, 2.75) is 13.8 Å². The normalized spacial score (nSPS) is 11.1. The van der Waals surface area contributed by atoms with E-state index in [1.165, 1.54) is 0 Å². The number of carboxylic acid groups (broad SMARTS) is 2. The summed E-state index contributed by atoms with van der Waals surface area (Å²) in [4.78, 5) is 20.0. The minimum Gasteiger partial charge on any atom is -0.545 e. The molecule has 0 radical (unpaired) electrons. The van der Waals surface area contributed by atoms with Crippen LogP contribution < -0.4 is 10.2 Å². The Labute approximate surface area is 101 Å². The third-order valence-electron chi connectivity index (χ3n) is 1.17. The molecule has 0 bridgehead atoms. The average Bonchev–Trinajstić information content (AvgIpc) is 1.84. The average molecular weight is 230 g/mol. The maximum absolute atomic E-state index is 9.99. The number of aliphatic carboxylic acids is 2.